The number of aromatic hydroxyl groups is 1. The van der Waals surface area contributed by atoms with Gasteiger partial charge in [0.25, 0.3) is 0 Å². The molecule has 2 aromatic carbocycles. The quantitative estimate of drug-likeness (QED) is 0.879. The summed E-state index contributed by atoms with van der Waals surface area (Å²) in [7, 11) is 1.98. The number of nitrogens with two attached hydrogens (primary N) is 1. The Balaban J connectivity index is 2.22. The Hall–Kier alpha value is -2.00. The van der Waals surface area contributed by atoms with Gasteiger partial charge in [-0.3, -0.25) is 0 Å². The lowest BCUT2D eigenvalue weighted by Gasteiger charge is -2.20. The molecule has 0 saturated carbocycles. The largest absolute Gasteiger partial charge is 0.508 e. The molecule has 3 nitrogen and oxygen atoms in total. The fourth-order valence-corrected chi connectivity index (χ4v) is 2.03. The molecular weight excluding hydrogens is 236 g/mol. The zero-order valence-corrected chi connectivity index (χ0v) is 11.4. The SMILES string of the molecule is CCC(N)c1ccc(N(C)c2cccc(O)c2)cc1. The summed E-state index contributed by atoms with van der Waals surface area (Å²) in [6, 6.07) is 15.5. The third-order valence-electron chi connectivity index (χ3n) is 3.37. The number of hydrogen-bond donors (Lipinski definition) is 2. The van der Waals surface area contributed by atoms with E-state index in [0.29, 0.717) is 0 Å². The summed E-state index contributed by atoms with van der Waals surface area (Å²) < 4.78 is 0. The standard InChI is InChI=1S/C16H20N2O/c1-3-16(17)12-7-9-13(10-8-12)18(2)14-5-4-6-15(19)11-14/h4-11,16,19H,3,17H2,1-2H3. The topological polar surface area (TPSA) is 49.5 Å². The van der Waals surface area contributed by atoms with E-state index in [1.807, 2.05) is 24.1 Å². The highest BCUT2D eigenvalue weighted by atomic mass is 16.3. The molecule has 3 heteroatoms. The van der Waals surface area contributed by atoms with E-state index in [-0.39, 0.29) is 11.8 Å². The Morgan fingerprint density at radius 2 is 1.79 bits per heavy atom. The van der Waals surface area contributed by atoms with Gasteiger partial charge in [0.15, 0.2) is 0 Å². The summed E-state index contributed by atoms with van der Waals surface area (Å²) in [5, 5.41) is 9.51. The number of benzene rings is 2. The number of rotatable bonds is 4. The van der Waals surface area contributed by atoms with Gasteiger partial charge >= 0.3 is 0 Å². The Morgan fingerprint density at radius 1 is 1.11 bits per heavy atom. The van der Waals surface area contributed by atoms with Crippen LogP contribution in [-0.2, 0) is 0 Å². The molecule has 0 aliphatic rings. The van der Waals surface area contributed by atoms with Crippen LogP contribution in [0.25, 0.3) is 0 Å². The lowest BCUT2D eigenvalue weighted by Crippen LogP contribution is -2.11. The zero-order chi connectivity index (χ0) is 13.8. The van der Waals surface area contributed by atoms with Crippen molar-refractivity contribution in [3.8, 4) is 5.75 Å². The van der Waals surface area contributed by atoms with E-state index < -0.39 is 0 Å². The molecule has 0 aliphatic carbocycles. The summed E-state index contributed by atoms with van der Waals surface area (Å²) in [5.74, 6) is 0.272. The van der Waals surface area contributed by atoms with Crippen LogP contribution in [0.5, 0.6) is 5.75 Å². The van der Waals surface area contributed by atoms with Crippen LogP contribution in [0.4, 0.5) is 11.4 Å². The van der Waals surface area contributed by atoms with Crippen LogP contribution in [-0.4, -0.2) is 12.2 Å². The summed E-state index contributed by atoms with van der Waals surface area (Å²) in [6.45, 7) is 2.08. The Bertz CT molecular complexity index is 537. The van der Waals surface area contributed by atoms with Gasteiger partial charge in [-0.15, -0.1) is 0 Å². The minimum absolute atomic E-state index is 0.0973. The highest BCUT2D eigenvalue weighted by molar-refractivity contribution is 5.63. The molecule has 0 saturated heterocycles. The van der Waals surface area contributed by atoms with Gasteiger partial charge in [-0.25, -0.2) is 0 Å². The molecule has 2 rings (SSSR count). The van der Waals surface area contributed by atoms with Crippen molar-refractivity contribution < 1.29 is 5.11 Å². The molecule has 0 aliphatic heterocycles. The van der Waals surface area contributed by atoms with Crippen LogP contribution in [0.3, 0.4) is 0 Å². The molecule has 2 aromatic rings. The highest BCUT2D eigenvalue weighted by Gasteiger charge is 2.07. The van der Waals surface area contributed by atoms with Crippen molar-refractivity contribution in [2.45, 2.75) is 19.4 Å². The van der Waals surface area contributed by atoms with Gasteiger partial charge in [0.1, 0.15) is 5.75 Å². The van der Waals surface area contributed by atoms with Crippen LogP contribution in [0.15, 0.2) is 48.5 Å². The summed E-state index contributed by atoms with van der Waals surface area (Å²) in [6.07, 6.45) is 0.932. The van der Waals surface area contributed by atoms with E-state index in [2.05, 4.69) is 31.2 Å². The smallest absolute Gasteiger partial charge is 0.117 e. The molecule has 1 atom stereocenters. The van der Waals surface area contributed by atoms with Gasteiger partial charge in [0.05, 0.1) is 0 Å². The minimum atomic E-state index is 0.0973. The number of phenolic OH excluding ortho intramolecular Hbond substituents is 1. The first-order valence-corrected chi connectivity index (χ1v) is 6.50. The molecule has 0 fully saturated rings. The number of nitrogens with zero attached hydrogens (tertiary/aromatic N) is 1. The molecule has 100 valence electrons. The Labute approximate surface area is 114 Å². The lowest BCUT2D eigenvalue weighted by molar-refractivity contribution is 0.475. The van der Waals surface area contributed by atoms with Gasteiger partial charge < -0.3 is 15.7 Å². The summed E-state index contributed by atoms with van der Waals surface area (Å²) in [5.41, 5.74) is 9.17. The first-order valence-electron chi connectivity index (χ1n) is 6.50. The average molecular weight is 256 g/mol. The van der Waals surface area contributed by atoms with E-state index in [9.17, 15) is 5.11 Å². The highest BCUT2D eigenvalue weighted by Crippen LogP contribution is 2.27. The fourth-order valence-electron chi connectivity index (χ4n) is 2.03. The zero-order valence-electron chi connectivity index (χ0n) is 11.4. The second-order valence-corrected chi connectivity index (χ2v) is 4.69. The van der Waals surface area contributed by atoms with Gasteiger partial charge in [-0.2, -0.15) is 0 Å². The van der Waals surface area contributed by atoms with E-state index in [1.165, 1.54) is 0 Å². The Morgan fingerprint density at radius 3 is 2.37 bits per heavy atom. The van der Waals surface area contributed by atoms with Crippen molar-refractivity contribution >= 4 is 11.4 Å². The molecule has 19 heavy (non-hydrogen) atoms. The number of phenols is 1. The van der Waals surface area contributed by atoms with Crippen molar-refractivity contribution in [3.05, 3.63) is 54.1 Å². The summed E-state index contributed by atoms with van der Waals surface area (Å²) >= 11 is 0. The molecule has 0 amide bonds. The van der Waals surface area contributed by atoms with E-state index in [1.54, 1.807) is 12.1 Å². The average Bonchev–Trinajstić information content (AvgIpc) is 2.46. The first kappa shape index (κ1) is 13.4. The van der Waals surface area contributed by atoms with E-state index in [4.69, 9.17) is 5.73 Å². The number of anilines is 2. The van der Waals surface area contributed by atoms with E-state index >= 15 is 0 Å². The van der Waals surface area contributed by atoms with Crippen molar-refractivity contribution in [1.29, 1.82) is 0 Å². The van der Waals surface area contributed by atoms with Crippen LogP contribution in [0, 0.1) is 0 Å². The third-order valence-corrected chi connectivity index (χ3v) is 3.37. The van der Waals surface area contributed by atoms with Gasteiger partial charge in [-0.1, -0.05) is 25.1 Å². The Kier molecular flexibility index (Phi) is 4.07. The molecule has 0 heterocycles. The first-order chi connectivity index (χ1) is 9.11. The molecule has 0 radical (unpaired) electrons. The maximum atomic E-state index is 9.51. The van der Waals surface area contributed by atoms with Gasteiger partial charge in [0, 0.05) is 30.5 Å². The molecular formula is C16H20N2O. The normalized spacial score (nSPS) is 12.2. The van der Waals surface area contributed by atoms with E-state index in [0.717, 1.165) is 23.4 Å². The van der Waals surface area contributed by atoms with Gasteiger partial charge in [0.2, 0.25) is 0 Å². The van der Waals surface area contributed by atoms with Crippen molar-refractivity contribution in [2.75, 3.05) is 11.9 Å². The molecule has 1 unspecified atom stereocenters. The molecule has 0 spiro atoms. The maximum Gasteiger partial charge on any atom is 0.117 e. The maximum absolute atomic E-state index is 9.51. The lowest BCUT2D eigenvalue weighted by atomic mass is 10.1. The molecule has 0 bridgehead atoms. The molecule has 3 N–H and O–H groups in total. The predicted molar refractivity (Wildman–Crippen MR) is 79.8 cm³/mol. The monoisotopic (exact) mass is 256 g/mol. The minimum Gasteiger partial charge on any atom is -0.508 e. The van der Waals surface area contributed by atoms with Crippen LogP contribution in [0.1, 0.15) is 24.9 Å². The summed E-state index contributed by atoms with van der Waals surface area (Å²) in [4.78, 5) is 2.03. The van der Waals surface area contributed by atoms with Crippen LogP contribution in [0.2, 0.25) is 0 Å². The second kappa shape index (κ2) is 5.76. The van der Waals surface area contributed by atoms with Crippen LogP contribution < -0.4 is 10.6 Å². The molecule has 0 aromatic heterocycles. The fraction of sp³-hybridized carbons (Fsp3) is 0.250. The second-order valence-electron chi connectivity index (χ2n) is 4.69. The third kappa shape index (κ3) is 3.06. The van der Waals surface area contributed by atoms with Crippen LogP contribution >= 0.6 is 0 Å². The van der Waals surface area contributed by atoms with Crippen molar-refractivity contribution in [3.63, 3.8) is 0 Å². The van der Waals surface area contributed by atoms with Crippen molar-refractivity contribution in [1.82, 2.24) is 0 Å². The predicted octanol–water partition coefficient (Wildman–Crippen LogP) is 3.57. The van der Waals surface area contributed by atoms with Crippen molar-refractivity contribution in [2.24, 2.45) is 5.73 Å². The number of hydrogen-bond acceptors (Lipinski definition) is 3. The van der Waals surface area contributed by atoms with Gasteiger partial charge in [-0.05, 0) is 36.2 Å².